The highest BCUT2D eigenvalue weighted by molar-refractivity contribution is 6.15. The van der Waals surface area contributed by atoms with Crippen LogP contribution >= 0.6 is 0 Å². The van der Waals surface area contributed by atoms with Gasteiger partial charge in [-0.25, -0.2) is 9.97 Å². The first kappa shape index (κ1) is 15.5. The molecular weight excluding hydrogens is 360 g/mol. The van der Waals surface area contributed by atoms with Crippen LogP contribution in [0.25, 0.3) is 17.1 Å². The Bertz CT molecular complexity index is 1280. The Morgan fingerprint density at radius 2 is 1.93 bits per heavy atom. The average Bonchev–Trinajstić information content (AvgIpc) is 3.48. The number of nitrogens with zero attached hydrogens (tertiary/aromatic N) is 4. The van der Waals surface area contributed by atoms with Gasteiger partial charge in [0.05, 0.1) is 29.8 Å². The van der Waals surface area contributed by atoms with E-state index in [1.54, 1.807) is 6.20 Å². The van der Waals surface area contributed by atoms with Gasteiger partial charge in [-0.3, -0.25) is 9.56 Å². The molecule has 5 nitrogen and oxygen atoms in total. The van der Waals surface area contributed by atoms with Crippen LogP contribution in [0.4, 0.5) is 0 Å². The molecular formula is C24H18N4O. The van der Waals surface area contributed by atoms with Gasteiger partial charge in [-0.15, -0.1) is 0 Å². The summed E-state index contributed by atoms with van der Waals surface area (Å²) in [6, 6.07) is 17.4. The lowest BCUT2D eigenvalue weighted by molar-refractivity contribution is 0.569. The molecule has 29 heavy (non-hydrogen) atoms. The number of hydrogen-bond donors (Lipinski definition) is 0. The molecule has 7 rings (SSSR count). The maximum atomic E-state index is 5.53. The highest BCUT2D eigenvalue weighted by Crippen LogP contribution is 2.75. The summed E-state index contributed by atoms with van der Waals surface area (Å²) in [6.45, 7) is 0.540. The summed E-state index contributed by atoms with van der Waals surface area (Å²) in [5, 5.41) is 0. The van der Waals surface area contributed by atoms with E-state index in [0.717, 1.165) is 34.3 Å². The van der Waals surface area contributed by atoms with Gasteiger partial charge in [-0.1, -0.05) is 36.4 Å². The molecule has 4 aromatic rings. The molecule has 1 aliphatic heterocycles. The molecule has 0 bridgehead atoms. The van der Waals surface area contributed by atoms with Crippen LogP contribution in [0.2, 0.25) is 0 Å². The fourth-order valence-corrected chi connectivity index (χ4v) is 4.77. The van der Waals surface area contributed by atoms with Gasteiger partial charge in [-0.2, -0.15) is 0 Å². The van der Waals surface area contributed by atoms with Crippen LogP contribution in [-0.2, 0) is 12.0 Å². The molecule has 2 aliphatic carbocycles. The predicted molar refractivity (Wildman–Crippen MR) is 109 cm³/mol. The third-order valence-corrected chi connectivity index (χ3v) is 6.73. The van der Waals surface area contributed by atoms with Gasteiger partial charge < -0.3 is 4.42 Å². The SMILES string of the molecule is c1ccc(C2=NCc3c(-c4cnco4)ncn3-c3ccc(C45CC4C5)cc32)cc1. The summed E-state index contributed by atoms with van der Waals surface area (Å²) >= 11 is 0. The Kier molecular flexibility index (Phi) is 2.83. The standard InChI is InChI=1S/C24H18N4O/c1-2-4-15(5-3-1)22-18-8-16(24-9-17(24)10-24)6-7-19(18)28-13-27-23(20(28)11-26-22)21-12-25-14-29-21/h1-8,12-14,17H,9-11H2. The Morgan fingerprint density at radius 3 is 2.69 bits per heavy atom. The Balaban J connectivity index is 1.46. The number of fused-ring (bicyclic) bond motifs is 4. The van der Waals surface area contributed by atoms with Crippen molar-refractivity contribution in [2.45, 2.75) is 24.8 Å². The molecule has 0 amide bonds. The normalized spacial score (nSPS) is 23.4. The zero-order chi connectivity index (χ0) is 19.0. The van der Waals surface area contributed by atoms with Crippen molar-refractivity contribution in [2.24, 2.45) is 10.9 Å². The molecule has 3 aliphatic rings. The molecule has 0 unspecified atom stereocenters. The highest BCUT2D eigenvalue weighted by Gasteiger charge is 2.70. The van der Waals surface area contributed by atoms with Crippen molar-refractivity contribution >= 4 is 5.71 Å². The van der Waals surface area contributed by atoms with Crippen LogP contribution in [0, 0.1) is 5.92 Å². The minimum Gasteiger partial charge on any atom is -0.442 e. The van der Waals surface area contributed by atoms with Gasteiger partial charge in [0.25, 0.3) is 0 Å². The first-order valence-electron chi connectivity index (χ1n) is 10.0. The third-order valence-electron chi connectivity index (χ3n) is 6.73. The first-order chi connectivity index (χ1) is 14.3. The molecule has 0 spiro atoms. The van der Waals surface area contributed by atoms with E-state index >= 15 is 0 Å². The number of benzene rings is 2. The number of aromatic nitrogens is 3. The van der Waals surface area contributed by atoms with Crippen molar-refractivity contribution < 1.29 is 4.42 Å². The summed E-state index contributed by atoms with van der Waals surface area (Å²) in [4.78, 5) is 13.8. The highest BCUT2D eigenvalue weighted by atomic mass is 16.3. The number of aliphatic imine (C=N–C) groups is 1. The van der Waals surface area contributed by atoms with Crippen molar-refractivity contribution in [1.82, 2.24) is 14.5 Å². The van der Waals surface area contributed by atoms with Crippen LogP contribution in [0.15, 0.2) is 76.9 Å². The van der Waals surface area contributed by atoms with E-state index in [1.165, 1.54) is 30.4 Å². The zero-order valence-electron chi connectivity index (χ0n) is 15.7. The summed E-state index contributed by atoms with van der Waals surface area (Å²) in [5.74, 6) is 1.58. The molecule has 140 valence electrons. The third kappa shape index (κ3) is 2.13. The summed E-state index contributed by atoms with van der Waals surface area (Å²) in [6.07, 6.45) is 7.71. The van der Waals surface area contributed by atoms with E-state index in [1.807, 2.05) is 12.4 Å². The fourth-order valence-electron chi connectivity index (χ4n) is 4.77. The minimum absolute atomic E-state index is 0.464. The van der Waals surface area contributed by atoms with Gasteiger partial charge >= 0.3 is 0 Å². The molecule has 0 N–H and O–H groups in total. The molecule has 0 radical (unpaired) electrons. The largest absolute Gasteiger partial charge is 0.442 e. The lowest BCUT2D eigenvalue weighted by Crippen LogP contribution is -2.09. The molecule has 0 atom stereocenters. The first-order valence-corrected chi connectivity index (χ1v) is 10.0. The maximum Gasteiger partial charge on any atom is 0.181 e. The van der Waals surface area contributed by atoms with Crippen LogP contribution in [0.3, 0.4) is 0 Å². The average molecular weight is 378 g/mol. The predicted octanol–water partition coefficient (Wildman–Crippen LogP) is 4.54. The number of oxazole rings is 1. The van der Waals surface area contributed by atoms with Crippen molar-refractivity contribution in [3.63, 3.8) is 0 Å². The fraction of sp³-hybridized carbons (Fsp3) is 0.208. The van der Waals surface area contributed by atoms with Crippen molar-refractivity contribution in [3.05, 3.63) is 89.8 Å². The van der Waals surface area contributed by atoms with E-state index in [-0.39, 0.29) is 0 Å². The molecule has 2 aromatic carbocycles. The van der Waals surface area contributed by atoms with Gasteiger partial charge in [0, 0.05) is 11.1 Å². The Hall–Kier alpha value is -3.47. The number of rotatable bonds is 3. The second-order valence-corrected chi connectivity index (χ2v) is 8.30. The maximum absolute atomic E-state index is 5.53. The van der Waals surface area contributed by atoms with Crippen LogP contribution in [-0.4, -0.2) is 20.2 Å². The van der Waals surface area contributed by atoms with Crippen molar-refractivity contribution in [2.75, 3.05) is 0 Å². The molecule has 2 fully saturated rings. The van der Waals surface area contributed by atoms with Crippen LogP contribution < -0.4 is 0 Å². The van der Waals surface area contributed by atoms with Gasteiger partial charge in [0.1, 0.15) is 12.0 Å². The van der Waals surface area contributed by atoms with Crippen molar-refractivity contribution in [1.29, 1.82) is 0 Å². The smallest absolute Gasteiger partial charge is 0.181 e. The second-order valence-electron chi connectivity index (χ2n) is 8.30. The molecule has 2 aromatic heterocycles. The van der Waals surface area contributed by atoms with Gasteiger partial charge in [-0.05, 0) is 41.9 Å². The number of hydrogen-bond acceptors (Lipinski definition) is 4. The number of imidazole rings is 1. The molecule has 0 saturated heterocycles. The lowest BCUT2D eigenvalue weighted by atomic mass is 9.94. The van der Waals surface area contributed by atoms with Crippen molar-refractivity contribution in [3.8, 4) is 17.1 Å². The summed E-state index contributed by atoms with van der Waals surface area (Å²) in [7, 11) is 0. The summed E-state index contributed by atoms with van der Waals surface area (Å²) < 4.78 is 7.68. The molecule has 5 heteroatoms. The quantitative estimate of drug-likeness (QED) is 0.526. The Morgan fingerprint density at radius 1 is 1.07 bits per heavy atom. The van der Waals surface area contributed by atoms with E-state index in [9.17, 15) is 0 Å². The van der Waals surface area contributed by atoms with E-state index in [0.29, 0.717) is 17.7 Å². The van der Waals surface area contributed by atoms with Crippen LogP contribution in [0.5, 0.6) is 0 Å². The van der Waals surface area contributed by atoms with E-state index in [4.69, 9.17) is 9.41 Å². The van der Waals surface area contributed by atoms with Gasteiger partial charge in [0.15, 0.2) is 12.2 Å². The van der Waals surface area contributed by atoms with Crippen LogP contribution in [0.1, 0.15) is 35.2 Å². The van der Waals surface area contributed by atoms with E-state index < -0.39 is 0 Å². The second kappa shape index (κ2) is 5.32. The topological polar surface area (TPSA) is 56.2 Å². The summed E-state index contributed by atoms with van der Waals surface area (Å²) in [5.41, 5.74) is 8.25. The zero-order valence-corrected chi connectivity index (χ0v) is 15.7. The Labute approximate surface area is 167 Å². The monoisotopic (exact) mass is 378 g/mol. The minimum atomic E-state index is 0.464. The lowest BCUT2D eigenvalue weighted by Gasteiger charge is -2.15. The molecule has 2 saturated carbocycles. The molecule has 3 heterocycles. The van der Waals surface area contributed by atoms with E-state index in [2.05, 4.69) is 57.0 Å². The van der Waals surface area contributed by atoms with Gasteiger partial charge in [0.2, 0.25) is 0 Å².